The predicted molar refractivity (Wildman–Crippen MR) is 500 cm³/mol. The second-order valence-corrected chi connectivity index (χ2v) is 24.8. The topological polar surface area (TPSA) is 0 Å². The first-order valence-electron chi connectivity index (χ1n) is 66.8. The Labute approximate surface area is 772 Å². The van der Waals surface area contributed by atoms with Gasteiger partial charge in [-0.2, -0.15) is 0 Å². The molecule has 568 valence electrons. The molecule has 17 rings (SSSR count). The maximum absolute atomic E-state index is 8.44. The molecule has 114 heavy (non-hydrogen) atoms. The van der Waals surface area contributed by atoms with Crippen LogP contribution in [0.4, 0.5) is 0 Å². The predicted octanol–water partition coefficient (Wildman–Crippen LogP) is 32.4. The van der Waals surface area contributed by atoms with Gasteiger partial charge < -0.3 is 0 Å². The molecule has 0 atom stereocenters. The molecule has 0 spiro atoms. The highest BCUT2D eigenvalue weighted by molar-refractivity contribution is 5.85. The van der Waals surface area contributed by atoms with E-state index in [1.807, 2.05) is 0 Å². The molecular formula is C114H112. The summed E-state index contributed by atoms with van der Waals surface area (Å²) in [6.45, 7) is 23.8. The third kappa shape index (κ3) is 26.2. The molecule has 0 N–H and O–H groups in total. The summed E-state index contributed by atoms with van der Waals surface area (Å²) in [7, 11) is 0. The lowest BCUT2D eigenvalue weighted by molar-refractivity contribution is 1.43. The molecular weight excluding hydrogens is 1370 g/mol. The van der Waals surface area contributed by atoms with Crippen LogP contribution in [0.5, 0.6) is 0 Å². The fraction of sp³-hybridized carbons (Fsp3) is 0.140. The van der Waals surface area contributed by atoms with E-state index in [0.717, 1.165) is 0 Å². The first-order chi connectivity index (χ1) is 81.9. The third-order valence-electron chi connectivity index (χ3n) is 14.9. The van der Waals surface area contributed by atoms with Gasteiger partial charge in [-0.3, -0.25) is 0 Å². The van der Waals surface area contributed by atoms with Crippen molar-refractivity contribution >= 4 is 21.5 Å². The van der Waals surface area contributed by atoms with Crippen LogP contribution in [0.25, 0.3) is 99.4 Å². The van der Waals surface area contributed by atoms with Crippen molar-refractivity contribution in [2.24, 2.45) is 0 Å². The van der Waals surface area contributed by atoms with E-state index in [1.165, 1.54) is 83.1 Å². The van der Waals surface area contributed by atoms with Crippen molar-refractivity contribution in [2.75, 3.05) is 0 Å². The lowest BCUT2D eigenvalue weighted by Gasteiger charge is -2.06. The summed E-state index contributed by atoms with van der Waals surface area (Å²) >= 11 is 0. The van der Waals surface area contributed by atoms with Crippen molar-refractivity contribution < 1.29 is 87.7 Å². The summed E-state index contributed by atoms with van der Waals surface area (Å²) in [6, 6.07) is -19.2. The highest BCUT2D eigenvalue weighted by Gasteiger charge is 2.06. The Morgan fingerprint density at radius 3 is 0.561 bits per heavy atom. The largest absolute Gasteiger partial charge is 0.0632 e. The van der Waals surface area contributed by atoms with E-state index >= 15 is 0 Å². The van der Waals surface area contributed by atoms with Gasteiger partial charge >= 0.3 is 0 Å². The zero-order valence-corrected chi connectivity index (χ0v) is 65.0. The van der Waals surface area contributed by atoms with Gasteiger partial charge in [0.15, 0.2) is 0 Å². The highest BCUT2D eigenvalue weighted by Crippen LogP contribution is 2.30. The van der Waals surface area contributed by atoms with Gasteiger partial charge in [0, 0.05) is 0 Å². The average Bonchev–Trinajstić information content (AvgIpc) is 0.725. The smallest absolute Gasteiger partial charge is 0.0620 e. The molecule has 0 saturated heterocycles. The molecule has 0 unspecified atom stereocenters. The van der Waals surface area contributed by atoms with Gasteiger partial charge in [0.25, 0.3) is 0 Å². The quantitative estimate of drug-likeness (QED) is 0.149. The van der Waals surface area contributed by atoms with E-state index in [4.69, 9.17) is 87.7 Å². The molecule has 0 amide bonds. The molecule has 0 fully saturated rings. The second kappa shape index (κ2) is 42.1. The molecule has 0 heterocycles. The van der Waals surface area contributed by atoms with E-state index in [2.05, 4.69) is 0 Å². The SMILES string of the molecule is [2H]c1c(C)c([2H])c2c([2H])c(C)c([2H])c([2H])c2c1[2H].[2H]c1c(C)c([2H])c2c([2H])c([2H])c(C)c([2H])c2c1[2H].[2H]c1c([2H])c(-c2c([2H])c([2H])c(-c3c([2H])c([2H])c(C)c([2H])c3[2H])c([2H])c2[2H])c([2H])c([2H])c1C.[2H]c1c([2H])c(-c2c([2H])c([2H])c(C)c([2H])c2[2H])c([2H])c([2H])c1C.[2H]c1c([2H])c(C)c([2H])c(-c2c([2H])c([2H])c(C)c([2H])c2[2H])c1[2H].[2H]c1c([2H])c(C)c([2H])c(-c2c([2H])c([2H])c(C)c([2H])c2[2H])c1[2H].[2H]c1c([2H])c([2H])c(-c2c([2H])c([2H])c(C)c([2H])c2[2H])c(C)c1[2H].[2H]c1c([2H])c([2H])c(-c2c([2H])c([2H])c(C)c([2H])c2[2H])c(C)c1[2H]. The van der Waals surface area contributed by atoms with Crippen LogP contribution < -0.4 is 0 Å². The Morgan fingerprint density at radius 1 is 0.123 bits per heavy atom. The van der Waals surface area contributed by atoms with Gasteiger partial charge in [0.05, 0.1) is 87.7 Å². The minimum atomic E-state index is -0.664. The number of fused-ring (bicyclic) bond motifs is 2. The molecule has 17 aromatic carbocycles. The van der Waals surface area contributed by atoms with Crippen LogP contribution in [0.3, 0.4) is 0 Å². The first-order valence-corrected chi connectivity index (χ1v) is 34.8. The van der Waals surface area contributed by atoms with E-state index in [0.29, 0.717) is 22.3 Å². The van der Waals surface area contributed by atoms with E-state index < -0.39 is 83.6 Å². The van der Waals surface area contributed by atoms with Crippen LogP contribution in [0.2, 0.25) is 0 Å². The standard InChI is InChI=1S/C20H18.5C14H14.2C12H12/c1-15-3-7-17(8-4-15)19-11-13-20(14-12-19)18-9-5-16(2)6-10-18;1-11-3-7-13(8-4-11)14-9-5-12(2)6-10-14;2*1-11-6-8-13(9-7-11)14-5-3-4-12(2)10-14;2*1-11-7-9-13(10-8-11)14-6-4-3-5-12(14)2;1-9-3-5-12-8-10(2)4-6-11(12)7-9;1-9-3-5-11-6-4-10(2)8-12(11)7-9/h3-14H,1-2H3;5*3-10H,1-2H3;2*3-8H,1-2H3/i3D,4D,5D,6D,7D,8D,9D,10D,11D,12D,13D,14D;5*3D,4D,5D,6D,7D,8D,9D,10D;2*3D,4D,5D,6D,7D,8D. The molecule has 17 aromatic rings. The molecule has 0 saturated carbocycles. The molecule has 0 nitrogen and oxygen atoms in total. The van der Waals surface area contributed by atoms with Crippen LogP contribution in [0, 0.1) is 111 Å². The van der Waals surface area contributed by atoms with Crippen LogP contribution in [0.1, 0.15) is 177 Å². The summed E-state index contributed by atoms with van der Waals surface area (Å²) in [5.74, 6) is 0. The summed E-state index contributed by atoms with van der Waals surface area (Å²) in [5.41, 5.74) is 0.627. The molecule has 0 aliphatic carbocycles. The number of rotatable bonds is 7. The van der Waals surface area contributed by atoms with Crippen molar-refractivity contribution in [2.45, 2.75) is 111 Å². The Hall–Kier alpha value is -12.7. The van der Waals surface area contributed by atoms with E-state index in [9.17, 15) is 0 Å². The van der Waals surface area contributed by atoms with Crippen molar-refractivity contribution in [1.29, 1.82) is 0 Å². The number of hydrogen-bond donors (Lipinski definition) is 0. The number of benzene rings is 17. The molecule has 0 radical (unpaired) electrons. The zero-order chi connectivity index (χ0) is 137. The normalized spacial score (nSPS) is 18.1. The first kappa shape index (κ1) is 33.5. The van der Waals surface area contributed by atoms with Crippen LogP contribution >= 0.6 is 0 Å². The molecule has 0 aromatic heterocycles. The minimum absolute atomic E-state index is 0.00704. The summed E-state index contributed by atoms with van der Waals surface area (Å²) in [6.07, 6.45) is 0. The highest BCUT2D eigenvalue weighted by atomic mass is 14.1. The maximum atomic E-state index is 8.44. The van der Waals surface area contributed by atoms with Gasteiger partial charge in [0.2, 0.25) is 0 Å². The molecule has 0 bridgehead atoms. The Kier molecular flexibility index (Phi) is 12.4. The van der Waals surface area contributed by atoms with Gasteiger partial charge in [-0.05, 0) is 221 Å². The van der Waals surface area contributed by atoms with Gasteiger partial charge in [0.1, 0.15) is 0 Å². The van der Waals surface area contributed by atoms with Crippen LogP contribution in [-0.2, 0) is 0 Å². The van der Waals surface area contributed by atoms with Crippen molar-refractivity contribution in [3.63, 3.8) is 0 Å². The van der Waals surface area contributed by atoms with Crippen molar-refractivity contribution in [3.8, 4) is 77.9 Å². The van der Waals surface area contributed by atoms with Crippen LogP contribution in [-0.4, -0.2) is 0 Å². The minimum Gasteiger partial charge on any atom is -0.0620 e. The van der Waals surface area contributed by atoms with E-state index in [-0.39, 0.29) is 469 Å². The van der Waals surface area contributed by atoms with Gasteiger partial charge in [-0.1, -0.05) is 465 Å². The zero-order valence-electron chi connectivity index (χ0n) is 129. The molecule has 0 aliphatic heterocycles. The fourth-order valence-corrected chi connectivity index (χ4v) is 9.06. The van der Waals surface area contributed by atoms with Gasteiger partial charge in [-0.15, -0.1) is 0 Å². The lowest BCUT2D eigenvalue weighted by atomic mass is 9.99. The van der Waals surface area contributed by atoms with Crippen LogP contribution in [0.15, 0.2) is 387 Å². The summed E-state index contributed by atoms with van der Waals surface area (Å²) in [4.78, 5) is 0. The van der Waals surface area contributed by atoms with E-state index in [1.54, 1.807) is 27.7 Å². The second-order valence-electron chi connectivity index (χ2n) is 24.8. The summed E-state index contributed by atoms with van der Waals surface area (Å²) < 4.78 is 510. The number of hydrogen-bond acceptors (Lipinski definition) is 0. The Morgan fingerprint density at radius 2 is 0.307 bits per heavy atom. The Bertz CT molecular complexity index is 8010. The lowest BCUT2D eigenvalue weighted by Crippen LogP contribution is -1.82. The van der Waals surface area contributed by atoms with Gasteiger partial charge in [-0.25, -0.2) is 0 Å². The average molecular weight is 1550 g/mol. The summed E-state index contributed by atoms with van der Waals surface area (Å²) in [5, 5.41) is 0.534. The maximum Gasteiger partial charge on any atom is 0.0632 e. The molecule has 0 aliphatic rings. The van der Waals surface area contributed by atoms with Crippen molar-refractivity contribution in [3.05, 3.63) is 476 Å². The van der Waals surface area contributed by atoms with Crippen molar-refractivity contribution in [1.82, 2.24) is 0 Å². The third-order valence-corrected chi connectivity index (χ3v) is 14.9. The monoisotopic (exact) mass is 1550 g/mol. The fourth-order valence-electron chi connectivity index (χ4n) is 9.06. The molecule has 0 heteroatoms. The Balaban J connectivity index is 0.000000205.